The quantitative estimate of drug-likeness (QED) is 0.774. The number of rotatable bonds is 3. The van der Waals surface area contributed by atoms with Crippen molar-refractivity contribution >= 4 is 6.03 Å². The summed E-state index contributed by atoms with van der Waals surface area (Å²) < 4.78 is 39.4. The second-order valence-corrected chi connectivity index (χ2v) is 5.34. The van der Waals surface area contributed by atoms with Crippen molar-refractivity contribution in [3.05, 3.63) is 54.6 Å². The van der Waals surface area contributed by atoms with Gasteiger partial charge in [0.2, 0.25) is 0 Å². The molecular formula is C17H14F3N5O. The zero-order chi connectivity index (χ0) is 18.7. The Bertz CT molecular complexity index is 904. The van der Waals surface area contributed by atoms with Gasteiger partial charge in [-0.3, -0.25) is 0 Å². The van der Waals surface area contributed by atoms with Crippen LogP contribution in [0.3, 0.4) is 0 Å². The Morgan fingerprint density at radius 1 is 1.19 bits per heavy atom. The van der Waals surface area contributed by atoms with Crippen LogP contribution in [0.2, 0.25) is 0 Å². The lowest BCUT2D eigenvalue weighted by molar-refractivity contribution is -0.137. The maximum Gasteiger partial charge on any atom is 0.416 e. The van der Waals surface area contributed by atoms with Crippen LogP contribution in [0.1, 0.15) is 12.5 Å². The third-order valence-electron chi connectivity index (χ3n) is 3.59. The number of hydrogen-bond donors (Lipinski definition) is 1. The van der Waals surface area contributed by atoms with E-state index in [1.165, 1.54) is 30.9 Å². The molecule has 0 aliphatic rings. The van der Waals surface area contributed by atoms with Crippen LogP contribution in [0.5, 0.6) is 0 Å². The van der Waals surface area contributed by atoms with E-state index in [0.29, 0.717) is 29.1 Å². The number of amides is 1. The van der Waals surface area contributed by atoms with E-state index >= 15 is 0 Å². The Kier molecular flexibility index (Phi) is 4.70. The first kappa shape index (κ1) is 17.6. The summed E-state index contributed by atoms with van der Waals surface area (Å²) in [4.78, 5) is 20.0. The number of halogens is 3. The highest BCUT2D eigenvalue weighted by molar-refractivity contribution is 5.83. The van der Waals surface area contributed by atoms with E-state index in [4.69, 9.17) is 0 Å². The largest absolute Gasteiger partial charge is 0.416 e. The van der Waals surface area contributed by atoms with Crippen LogP contribution >= 0.6 is 0 Å². The van der Waals surface area contributed by atoms with Gasteiger partial charge in [0, 0.05) is 30.1 Å². The predicted molar refractivity (Wildman–Crippen MR) is 88.2 cm³/mol. The lowest BCUT2D eigenvalue weighted by Gasteiger charge is -2.07. The Morgan fingerprint density at radius 3 is 2.50 bits per heavy atom. The molecule has 26 heavy (non-hydrogen) atoms. The molecule has 0 saturated carbocycles. The molecule has 2 aromatic heterocycles. The number of hydrogen-bond acceptors (Lipinski definition) is 4. The topological polar surface area (TPSA) is 72.7 Å². The summed E-state index contributed by atoms with van der Waals surface area (Å²) in [5, 5.41) is 6.84. The normalized spacial score (nSPS) is 11.4. The van der Waals surface area contributed by atoms with Gasteiger partial charge in [-0.05, 0) is 25.1 Å². The van der Waals surface area contributed by atoms with Crippen LogP contribution in [-0.4, -0.2) is 32.3 Å². The molecule has 0 radical (unpaired) electrons. The summed E-state index contributed by atoms with van der Waals surface area (Å²) in [7, 11) is 0. The molecule has 6 nitrogen and oxygen atoms in total. The molecule has 0 aliphatic carbocycles. The van der Waals surface area contributed by atoms with Gasteiger partial charge < -0.3 is 5.32 Å². The van der Waals surface area contributed by atoms with Gasteiger partial charge in [0.1, 0.15) is 12.0 Å². The van der Waals surface area contributed by atoms with Crippen molar-refractivity contribution in [2.75, 3.05) is 6.54 Å². The zero-order valence-corrected chi connectivity index (χ0v) is 13.7. The van der Waals surface area contributed by atoms with Crippen molar-refractivity contribution < 1.29 is 18.0 Å². The van der Waals surface area contributed by atoms with E-state index in [9.17, 15) is 18.0 Å². The molecule has 1 aromatic carbocycles. The van der Waals surface area contributed by atoms with E-state index in [1.54, 1.807) is 13.0 Å². The van der Waals surface area contributed by atoms with Gasteiger partial charge in [-0.1, -0.05) is 12.1 Å². The second-order valence-electron chi connectivity index (χ2n) is 5.34. The summed E-state index contributed by atoms with van der Waals surface area (Å²) in [5.41, 5.74) is 1.05. The molecular weight excluding hydrogens is 347 g/mol. The molecule has 0 spiro atoms. The molecule has 0 bridgehead atoms. The first-order valence-electron chi connectivity index (χ1n) is 7.72. The van der Waals surface area contributed by atoms with Crippen LogP contribution < -0.4 is 5.32 Å². The minimum Gasteiger partial charge on any atom is -0.336 e. The summed E-state index contributed by atoms with van der Waals surface area (Å²) in [6.07, 6.45) is -0.0631. The molecule has 0 unspecified atom stereocenters. The minimum atomic E-state index is -4.42. The first-order valence-corrected chi connectivity index (χ1v) is 7.72. The monoisotopic (exact) mass is 361 g/mol. The van der Waals surface area contributed by atoms with E-state index in [-0.39, 0.29) is 0 Å². The third-order valence-corrected chi connectivity index (χ3v) is 3.59. The fourth-order valence-electron chi connectivity index (χ4n) is 2.38. The van der Waals surface area contributed by atoms with Crippen LogP contribution in [-0.2, 0) is 6.18 Å². The van der Waals surface area contributed by atoms with Crippen molar-refractivity contribution in [1.82, 2.24) is 25.1 Å². The van der Waals surface area contributed by atoms with Crippen molar-refractivity contribution in [3.63, 3.8) is 0 Å². The van der Waals surface area contributed by atoms with Crippen molar-refractivity contribution in [2.45, 2.75) is 13.1 Å². The van der Waals surface area contributed by atoms with Gasteiger partial charge in [0.05, 0.1) is 11.3 Å². The average Bonchev–Trinajstić information content (AvgIpc) is 3.07. The molecule has 0 aliphatic heterocycles. The number of carbonyl (C=O) groups is 1. The Labute approximate surface area is 146 Å². The van der Waals surface area contributed by atoms with Crippen molar-refractivity contribution in [1.29, 1.82) is 0 Å². The van der Waals surface area contributed by atoms with Crippen LogP contribution in [0.15, 0.2) is 49.1 Å². The highest BCUT2D eigenvalue weighted by atomic mass is 19.4. The van der Waals surface area contributed by atoms with E-state index in [1.807, 2.05) is 0 Å². The molecule has 2 heterocycles. The van der Waals surface area contributed by atoms with Gasteiger partial charge in [0.25, 0.3) is 0 Å². The SMILES string of the molecule is CCNC(=O)n1cc(-c2ccncn2)c(-c2ccc(C(F)(F)F)cc2)n1. The smallest absolute Gasteiger partial charge is 0.336 e. The van der Waals surface area contributed by atoms with Crippen LogP contribution in [0.4, 0.5) is 18.0 Å². The molecule has 9 heteroatoms. The highest BCUT2D eigenvalue weighted by Crippen LogP contribution is 2.33. The maximum absolute atomic E-state index is 12.8. The van der Waals surface area contributed by atoms with Gasteiger partial charge in [-0.15, -0.1) is 0 Å². The van der Waals surface area contributed by atoms with E-state index in [2.05, 4.69) is 20.4 Å². The van der Waals surface area contributed by atoms with E-state index in [0.717, 1.165) is 16.8 Å². The van der Waals surface area contributed by atoms with Crippen molar-refractivity contribution in [2.24, 2.45) is 0 Å². The van der Waals surface area contributed by atoms with Gasteiger partial charge in [0.15, 0.2) is 0 Å². The van der Waals surface area contributed by atoms with Gasteiger partial charge >= 0.3 is 12.2 Å². The first-order chi connectivity index (χ1) is 12.4. The van der Waals surface area contributed by atoms with Crippen LogP contribution in [0, 0.1) is 0 Å². The zero-order valence-electron chi connectivity index (χ0n) is 13.7. The molecule has 3 aromatic rings. The standard InChI is InChI=1S/C17H14F3N5O/c1-2-22-16(26)25-9-13(14-7-8-21-10-23-14)15(24-25)11-3-5-12(6-4-11)17(18,19)20/h3-10H,2H2,1H3,(H,22,26). The lowest BCUT2D eigenvalue weighted by atomic mass is 10.0. The molecule has 3 rings (SSSR count). The fourth-order valence-corrected chi connectivity index (χ4v) is 2.38. The summed E-state index contributed by atoms with van der Waals surface area (Å²) in [5.74, 6) is 0. The molecule has 0 saturated heterocycles. The maximum atomic E-state index is 12.8. The molecule has 0 atom stereocenters. The molecule has 0 fully saturated rings. The second kappa shape index (κ2) is 6.95. The predicted octanol–water partition coefficient (Wildman–Crippen LogP) is 3.60. The highest BCUT2D eigenvalue weighted by Gasteiger charge is 2.30. The number of aromatic nitrogens is 4. The number of nitrogens with zero attached hydrogens (tertiary/aromatic N) is 4. The van der Waals surface area contributed by atoms with Gasteiger partial charge in [-0.2, -0.15) is 23.0 Å². The lowest BCUT2D eigenvalue weighted by Crippen LogP contribution is -2.28. The Balaban J connectivity index is 2.09. The number of benzene rings is 1. The van der Waals surface area contributed by atoms with Crippen molar-refractivity contribution in [3.8, 4) is 22.5 Å². The summed E-state index contributed by atoms with van der Waals surface area (Å²) in [6, 6.07) is 5.78. The summed E-state index contributed by atoms with van der Waals surface area (Å²) in [6.45, 7) is 2.18. The van der Waals surface area contributed by atoms with E-state index < -0.39 is 17.8 Å². The number of alkyl halides is 3. The Hall–Kier alpha value is -3.23. The average molecular weight is 361 g/mol. The van der Waals surface area contributed by atoms with Crippen LogP contribution in [0.25, 0.3) is 22.5 Å². The molecule has 1 N–H and O–H groups in total. The summed E-state index contributed by atoms with van der Waals surface area (Å²) >= 11 is 0. The molecule has 1 amide bonds. The number of carbonyl (C=O) groups excluding carboxylic acids is 1. The number of nitrogens with one attached hydrogen (secondary N) is 1. The Morgan fingerprint density at radius 2 is 1.92 bits per heavy atom. The third kappa shape index (κ3) is 3.56. The fraction of sp³-hybridized carbons (Fsp3) is 0.176. The minimum absolute atomic E-state index is 0.351. The molecule has 134 valence electrons. The van der Waals surface area contributed by atoms with Gasteiger partial charge in [-0.25, -0.2) is 14.8 Å².